The Hall–Kier alpha value is -1.72. The molecule has 0 spiro atoms. The van der Waals surface area contributed by atoms with E-state index in [0.717, 1.165) is 43.4 Å². The van der Waals surface area contributed by atoms with E-state index < -0.39 is 0 Å². The average Bonchev–Trinajstić information content (AvgIpc) is 3.25. The van der Waals surface area contributed by atoms with Crippen molar-refractivity contribution in [2.24, 2.45) is 0 Å². The molecule has 26 heavy (non-hydrogen) atoms. The molecule has 5 nitrogen and oxygen atoms in total. The first-order valence-electron chi connectivity index (χ1n) is 8.58. The predicted molar refractivity (Wildman–Crippen MR) is 107 cm³/mol. The van der Waals surface area contributed by atoms with Crippen LogP contribution >= 0.6 is 22.7 Å². The normalized spacial score (nSPS) is 15.3. The Kier molecular flexibility index (Phi) is 6.09. The first-order chi connectivity index (χ1) is 12.4. The number of thiophene rings is 1. The number of morpholine rings is 1. The van der Waals surface area contributed by atoms with Gasteiger partial charge in [0.05, 0.1) is 35.2 Å². The van der Waals surface area contributed by atoms with E-state index in [1.54, 1.807) is 0 Å². The molecule has 0 unspecified atom stereocenters. The number of ether oxygens (including phenoxy) is 1. The van der Waals surface area contributed by atoms with Crippen molar-refractivity contribution in [3.63, 3.8) is 0 Å². The standard InChI is InChI=1S/C19H23N3O2S2/c1-19(2,3)16-13-25-18(20-16)21-17(23)15-7-6-14(26-15)5-4-8-22-9-11-24-12-10-22/h6-7,13H,8-12H2,1-3H3,(H,20,21,23). The lowest BCUT2D eigenvalue weighted by atomic mass is 9.93. The zero-order valence-corrected chi connectivity index (χ0v) is 16.9. The van der Waals surface area contributed by atoms with Crippen molar-refractivity contribution >= 4 is 33.7 Å². The molecule has 3 heterocycles. The van der Waals surface area contributed by atoms with Crippen molar-refractivity contribution in [2.45, 2.75) is 26.2 Å². The molecule has 0 saturated carbocycles. The maximum Gasteiger partial charge on any atom is 0.267 e. The third-order valence-electron chi connectivity index (χ3n) is 3.94. The number of thiazole rings is 1. The molecular formula is C19H23N3O2S2. The van der Waals surface area contributed by atoms with Crippen molar-refractivity contribution in [2.75, 3.05) is 38.2 Å². The maximum absolute atomic E-state index is 12.4. The Morgan fingerprint density at radius 1 is 1.35 bits per heavy atom. The minimum atomic E-state index is -0.133. The number of aromatic nitrogens is 1. The zero-order chi connectivity index (χ0) is 18.6. The first-order valence-corrected chi connectivity index (χ1v) is 10.3. The molecule has 1 fully saturated rings. The second kappa shape index (κ2) is 8.31. The van der Waals surface area contributed by atoms with Gasteiger partial charge in [-0.25, -0.2) is 4.98 Å². The van der Waals surface area contributed by atoms with Crippen LogP contribution in [0.1, 0.15) is 41.0 Å². The summed E-state index contributed by atoms with van der Waals surface area (Å²) in [6, 6.07) is 3.71. The summed E-state index contributed by atoms with van der Waals surface area (Å²) in [4.78, 5) is 20.7. The van der Waals surface area contributed by atoms with E-state index in [-0.39, 0.29) is 11.3 Å². The van der Waals surface area contributed by atoms with Crippen LogP contribution in [0.4, 0.5) is 5.13 Å². The molecule has 1 saturated heterocycles. The van der Waals surface area contributed by atoms with Crippen LogP contribution in [0.5, 0.6) is 0 Å². The van der Waals surface area contributed by atoms with Crippen molar-refractivity contribution in [3.8, 4) is 11.8 Å². The highest BCUT2D eigenvalue weighted by Crippen LogP contribution is 2.27. The van der Waals surface area contributed by atoms with Gasteiger partial charge in [-0.15, -0.1) is 22.7 Å². The highest BCUT2D eigenvalue weighted by Gasteiger charge is 2.18. The quantitative estimate of drug-likeness (QED) is 0.817. The Morgan fingerprint density at radius 2 is 2.12 bits per heavy atom. The Morgan fingerprint density at radius 3 is 2.81 bits per heavy atom. The molecule has 1 N–H and O–H groups in total. The summed E-state index contributed by atoms with van der Waals surface area (Å²) in [7, 11) is 0. The molecule has 1 aliphatic rings. The van der Waals surface area contributed by atoms with Gasteiger partial charge in [0.1, 0.15) is 0 Å². The average molecular weight is 390 g/mol. The Bertz CT molecular complexity index is 818. The fraction of sp³-hybridized carbons (Fsp3) is 0.474. The van der Waals surface area contributed by atoms with Crippen LogP contribution < -0.4 is 5.32 Å². The van der Waals surface area contributed by atoms with E-state index in [1.165, 1.54) is 22.7 Å². The second-order valence-corrected chi connectivity index (χ2v) is 9.04. The molecule has 2 aromatic heterocycles. The lowest BCUT2D eigenvalue weighted by molar-refractivity contribution is 0.0443. The van der Waals surface area contributed by atoms with Gasteiger partial charge in [-0.2, -0.15) is 0 Å². The van der Waals surface area contributed by atoms with E-state index in [9.17, 15) is 4.79 Å². The minimum Gasteiger partial charge on any atom is -0.379 e. The molecule has 0 aromatic carbocycles. The van der Waals surface area contributed by atoms with E-state index in [1.807, 2.05) is 17.5 Å². The lowest BCUT2D eigenvalue weighted by Crippen LogP contribution is -2.36. The monoisotopic (exact) mass is 389 g/mol. The minimum absolute atomic E-state index is 0.0222. The summed E-state index contributed by atoms with van der Waals surface area (Å²) < 4.78 is 5.33. The van der Waals surface area contributed by atoms with Crippen LogP contribution in [0, 0.1) is 11.8 Å². The van der Waals surface area contributed by atoms with Gasteiger partial charge in [0.15, 0.2) is 5.13 Å². The number of anilines is 1. The summed E-state index contributed by atoms with van der Waals surface area (Å²) >= 11 is 2.86. The molecule has 1 amide bonds. The Balaban J connectivity index is 1.57. The molecule has 0 aliphatic carbocycles. The number of hydrogen-bond acceptors (Lipinski definition) is 6. The maximum atomic E-state index is 12.4. The molecule has 138 valence electrons. The highest BCUT2D eigenvalue weighted by atomic mass is 32.1. The van der Waals surface area contributed by atoms with Crippen LogP contribution in [0.25, 0.3) is 0 Å². The fourth-order valence-corrected chi connectivity index (χ4v) is 4.07. The number of carbonyl (C=O) groups is 1. The van der Waals surface area contributed by atoms with E-state index in [0.29, 0.717) is 10.0 Å². The summed E-state index contributed by atoms with van der Waals surface area (Å²) in [5.41, 5.74) is 0.963. The molecule has 7 heteroatoms. The number of rotatable bonds is 3. The van der Waals surface area contributed by atoms with Gasteiger partial charge < -0.3 is 4.74 Å². The second-order valence-electron chi connectivity index (χ2n) is 7.10. The molecule has 0 atom stereocenters. The van der Waals surface area contributed by atoms with Crippen molar-refractivity contribution in [1.82, 2.24) is 9.88 Å². The SMILES string of the molecule is CC(C)(C)c1csc(NC(=O)c2ccc(C#CCN3CCOCC3)s2)n1. The summed E-state index contributed by atoms with van der Waals surface area (Å²) in [6.45, 7) is 10.5. The highest BCUT2D eigenvalue weighted by molar-refractivity contribution is 7.15. The number of nitrogens with one attached hydrogen (secondary N) is 1. The van der Waals surface area contributed by atoms with Gasteiger partial charge in [-0.3, -0.25) is 15.0 Å². The van der Waals surface area contributed by atoms with Gasteiger partial charge in [-0.05, 0) is 12.1 Å². The number of carbonyl (C=O) groups excluding carboxylic acids is 1. The fourth-order valence-electron chi connectivity index (χ4n) is 2.36. The number of amides is 1. The van der Waals surface area contributed by atoms with Crippen LogP contribution in [0.2, 0.25) is 0 Å². The van der Waals surface area contributed by atoms with Crippen molar-refractivity contribution in [1.29, 1.82) is 0 Å². The van der Waals surface area contributed by atoms with Crippen LogP contribution in [-0.2, 0) is 10.2 Å². The number of nitrogens with zero attached hydrogens (tertiary/aromatic N) is 2. The van der Waals surface area contributed by atoms with Crippen LogP contribution in [0.3, 0.4) is 0 Å². The van der Waals surface area contributed by atoms with Crippen LogP contribution in [0.15, 0.2) is 17.5 Å². The van der Waals surface area contributed by atoms with E-state index >= 15 is 0 Å². The zero-order valence-electron chi connectivity index (χ0n) is 15.3. The Labute approximate surface area is 162 Å². The molecule has 1 aliphatic heterocycles. The van der Waals surface area contributed by atoms with Crippen molar-refractivity contribution < 1.29 is 9.53 Å². The smallest absolute Gasteiger partial charge is 0.267 e. The third kappa shape index (κ3) is 5.15. The molecule has 3 rings (SSSR count). The molecule has 2 aromatic rings. The molecule has 0 radical (unpaired) electrons. The summed E-state index contributed by atoms with van der Waals surface area (Å²) in [5.74, 6) is 6.20. The van der Waals surface area contributed by atoms with Gasteiger partial charge in [0.25, 0.3) is 5.91 Å². The summed E-state index contributed by atoms with van der Waals surface area (Å²) in [5, 5.41) is 5.51. The summed E-state index contributed by atoms with van der Waals surface area (Å²) in [6.07, 6.45) is 0. The van der Waals surface area contributed by atoms with Crippen molar-refractivity contribution in [3.05, 3.63) is 33.0 Å². The van der Waals surface area contributed by atoms with Gasteiger partial charge in [0, 0.05) is 23.9 Å². The van der Waals surface area contributed by atoms with Crippen LogP contribution in [-0.4, -0.2) is 48.6 Å². The topological polar surface area (TPSA) is 54.5 Å². The molecular weight excluding hydrogens is 366 g/mol. The largest absolute Gasteiger partial charge is 0.379 e. The van der Waals surface area contributed by atoms with E-state index in [4.69, 9.17) is 4.74 Å². The predicted octanol–water partition coefficient (Wildman–Crippen LogP) is 3.44. The number of hydrogen-bond donors (Lipinski definition) is 1. The van der Waals surface area contributed by atoms with Gasteiger partial charge in [0.2, 0.25) is 0 Å². The van der Waals surface area contributed by atoms with Gasteiger partial charge in [-0.1, -0.05) is 32.6 Å². The van der Waals surface area contributed by atoms with Gasteiger partial charge >= 0.3 is 0 Å². The lowest BCUT2D eigenvalue weighted by Gasteiger charge is -2.24. The third-order valence-corrected chi connectivity index (χ3v) is 5.70. The van der Waals surface area contributed by atoms with E-state index in [2.05, 4.69) is 47.8 Å². The first kappa shape index (κ1) is 19.1. The molecule has 0 bridgehead atoms.